The van der Waals surface area contributed by atoms with Gasteiger partial charge in [0.2, 0.25) is 0 Å². The van der Waals surface area contributed by atoms with Crippen LogP contribution in [0.1, 0.15) is 60.9 Å². The Hall–Kier alpha value is -2.56. The van der Waals surface area contributed by atoms with E-state index in [9.17, 15) is 4.39 Å². The summed E-state index contributed by atoms with van der Waals surface area (Å²) < 4.78 is 48.5. The third kappa shape index (κ3) is 4.35. The normalized spacial score (nSPS) is 30.6. The molecule has 3 atom stereocenters. The predicted molar refractivity (Wildman–Crippen MR) is 142 cm³/mol. The maximum Gasteiger partial charge on any atom is 0.318 e. The van der Waals surface area contributed by atoms with E-state index in [2.05, 4.69) is 9.80 Å². The molecule has 1 aliphatic carbocycles. The third-order valence-corrected chi connectivity index (χ3v) is 9.49. The molecule has 5 heterocycles. The Morgan fingerprint density at radius 3 is 2.95 bits per heavy atom. The Balaban J connectivity index is 1.25. The lowest BCUT2D eigenvalue weighted by Gasteiger charge is -2.43. The molecule has 0 radical (unpaired) electrons. The summed E-state index contributed by atoms with van der Waals surface area (Å²) in [6.07, 6.45) is 5.36. The summed E-state index contributed by atoms with van der Waals surface area (Å²) in [6, 6.07) is 3.88. The quantitative estimate of drug-likeness (QED) is 0.587. The number of rotatable bonds is 4. The van der Waals surface area contributed by atoms with Crippen LogP contribution in [-0.2, 0) is 34.5 Å². The zero-order valence-corrected chi connectivity index (χ0v) is 22.4. The van der Waals surface area contributed by atoms with Gasteiger partial charge in [-0.25, -0.2) is 8.78 Å². The average Bonchev–Trinajstić information content (AvgIpc) is 3.30. The van der Waals surface area contributed by atoms with Crippen LogP contribution in [0.15, 0.2) is 12.1 Å². The maximum atomic E-state index is 15.5. The van der Waals surface area contributed by atoms with Crippen molar-refractivity contribution in [2.24, 2.45) is 0 Å². The van der Waals surface area contributed by atoms with E-state index in [4.69, 9.17) is 29.9 Å². The average molecular weight is 542 g/mol. The first-order valence-corrected chi connectivity index (χ1v) is 14.4. The molecule has 39 heavy (non-hydrogen) atoms. The smallest absolute Gasteiger partial charge is 0.318 e. The number of benzene rings is 1. The highest BCUT2D eigenvalue weighted by atomic mass is 19.1. The molecule has 4 aliphatic heterocycles. The summed E-state index contributed by atoms with van der Waals surface area (Å²) in [5, 5.41) is 0. The van der Waals surface area contributed by atoms with Gasteiger partial charge < -0.3 is 24.8 Å². The monoisotopic (exact) mass is 541 g/mol. The van der Waals surface area contributed by atoms with E-state index in [-0.39, 0.29) is 23.7 Å². The SMILES string of the molecule is Nc1ccc2c(c1F)C1(CCC2)Cc2nc(OCC34CCCN3C[C@H](F)C4)nc(N3CCCOCC3)c2CO1. The second-order valence-electron chi connectivity index (χ2n) is 11.9. The Morgan fingerprint density at radius 1 is 1.10 bits per heavy atom. The Labute approximate surface area is 227 Å². The summed E-state index contributed by atoms with van der Waals surface area (Å²) in [4.78, 5) is 14.3. The van der Waals surface area contributed by atoms with Gasteiger partial charge in [0.15, 0.2) is 5.82 Å². The van der Waals surface area contributed by atoms with Crippen LogP contribution in [0.5, 0.6) is 6.01 Å². The van der Waals surface area contributed by atoms with E-state index in [1.165, 1.54) is 0 Å². The van der Waals surface area contributed by atoms with Gasteiger partial charge in [-0.2, -0.15) is 9.97 Å². The standard InChI is InChI=1S/C29H37F2N5O3/c30-20-14-28(7-2-10-36(28)16-20)18-38-27-33-23-15-29(8-1-4-19-5-6-22(32)25(31)24(19)29)39-17-21(23)26(34-27)35-9-3-12-37-13-11-35/h5-6,20H,1-4,7-18,32H2/t20-,28?,29?/m1/s1. The van der Waals surface area contributed by atoms with Gasteiger partial charge in [-0.1, -0.05) is 6.07 Å². The molecule has 8 nitrogen and oxygen atoms in total. The summed E-state index contributed by atoms with van der Waals surface area (Å²) in [7, 11) is 0. The van der Waals surface area contributed by atoms with Crippen molar-refractivity contribution >= 4 is 11.5 Å². The van der Waals surface area contributed by atoms with Crippen LogP contribution in [0, 0.1) is 5.82 Å². The minimum absolute atomic E-state index is 0.143. The van der Waals surface area contributed by atoms with Crippen LogP contribution in [-0.4, -0.2) is 72.6 Å². The summed E-state index contributed by atoms with van der Waals surface area (Å²) in [5.41, 5.74) is 8.33. The lowest BCUT2D eigenvalue weighted by molar-refractivity contribution is -0.0876. The highest BCUT2D eigenvalue weighted by Gasteiger charge is 2.50. The first-order valence-electron chi connectivity index (χ1n) is 14.4. The number of nitrogens with two attached hydrogens (primary N) is 1. The van der Waals surface area contributed by atoms with E-state index in [0.717, 1.165) is 67.8 Å². The van der Waals surface area contributed by atoms with Crippen LogP contribution in [0.2, 0.25) is 0 Å². The number of hydrogen-bond donors (Lipinski definition) is 1. The van der Waals surface area contributed by atoms with E-state index < -0.39 is 11.8 Å². The van der Waals surface area contributed by atoms with Crippen molar-refractivity contribution in [3.05, 3.63) is 40.3 Å². The second-order valence-corrected chi connectivity index (χ2v) is 11.9. The number of alkyl halides is 1. The van der Waals surface area contributed by atoms with Crippen molar-refractivity contribution in [3.63, 3.8) is 0 Å². The van der Waals surface area contributed by atoms with Crippen LogP contribution in [0.25, 0.3) is 0 Å². The number of hydrogen-bond acceptors (Lipinski definition) is 8. The van der Waals surface area contributed by atoms with Gasteiger partial charge in [0.05, 0.1) is 30.1 Å². The van der Waals surface area contributed by atoms with Crippen molar-refractivity contribution in [2.45, 2.75) is 75.3 Å². The molecule has 3 saturated heterocycles. The number of nitrogen functional groups attached to an aromatic ring is 1. The Morgan fingerprint density at radius 2 is 2.03 bits per heavy atom. The number of anilines is 2. The number of nitrogens with zero attached hydrogens (tertiary/aromatic N) is 4. The van der Waals surface area contributed by atoms with Gasteiger partial charge in [-0.15, -0.1) is 0 Å². The molecule has 210 valence electrons. The van der Waals surface area contributed by atoms with Crippen molar-refractivity contribution in [1.82, 2.24) is 14.9 Å². The first kappa shape index (κ1) is 25.4. The number of aromatic nitrogens is 2. The topological polar surface area (TPSA) is 86.0 Å². The number of ether oxygens (including phenoxy) is 3. The first-order chi connectivity index (χ1) is 19.0. The third-order valence-electron chi connectivity index (χ3n) is 9.49. The van der Waals surface area contributed by atoms with Gasteiger partial charge in [-0.05, 0) is 56.7 Å². The van der Waals surface area contributed by atoms with Crippen LogP contribution >= 0.6 is 0 Å². The fourth-order valence-electron chi connectivity index (χ4n) is 7.60. The van der Waals surface area contributed by atoms with E-state index >= 15 is 4.39 Å². The molecule has 2 N–H and O–H groups in total. The highest BCUT2D eigenvalue weighted by Crippen LogP contribution is 2.48. The molecule has 0 saturated carbocycles. The maximum absolute atomic E-state index is 15.5. The molecule has 5 aliphatic rings. The number of fused-ring (bicyclic) bond motifs is 4. The molecule has 2 aromatic rings. The van der Waals surface area contributed by atoms with Gasteiger partial charge in [0, 0.05) is 50.2 Å². The van der Waals surface area contributed by atoms with Gasteiger partial charge in [0.1, 0.15) is 24.2 Å². The van der Waals surface area contributed by atoms with Crippen LogP contribution < -0.4 is 15.4 Å². The molecule has 10 heteroatoms. The van der Waals surface area contributed by atoms with Gasteiger partial charge in [-0.3, -0.25) is 4.90 Å². The molecular weight excluding hydrogens is 504 g/mol. The molecule has 7 rings (SSSR count). The minimum Gasteiger partial charge on any atom is -0.461 e. The molecule has 0 bridgehead atoms. The predicted octanol–water partition coefficient (Wildman–Crippen LogP) is 3.68. The van der Waals surface area contributed by atoms with Crippen LogP contribution in [0.4, 0.5) is 20.3 Å². The summed E-state index contributed by atoms with van der Waals surface area (Å²) >= 11 is 0. The molecule has 1 aromatic carbocycles. The van der Waals surface area contributed by atoms with Crippen molar-refractivity contribution in [2.75, 3.05) is 56.6 Å². The lowest BCUT2D eigenvalue weighted by atomic mass is 9.74. The van der Waals surface area contributed by atoms with E-state index in [1.54, 1.807) is 6.07 Å². The van der Waals surface area contributed by atoms with E-state index in [0.29, 0.717) is 63.7 Å². The Kier molecular flexibility index (Phi) is 6.40. The Bertz CT molecular complexity index is 1260. The second kappa shape index (κ2) is 9.82. The number of aryl methyl sites for hydroxylation is 1. The lowest BCUT2D eigenvalue weighted by Crippen LogP contribution is -2.44. The van der Waals surface area contributed by atoms with Crippen LogP contribution in [0.3, 0.4) is 0 Å². The van der Waals surface area contributed by atoms with Gasteiger partial charge in [0.25, 0.3) is 0 Å². The van der Waals surface area contributed by atoms with Gasteiger partial charge >= 0.3 is 6.01 Å². The van der Waals surface area contributed by atoms with Crippen molar-refractivity contribution < 1.29 is 23.0 Å². The molecule has 2 unspecified atom stereocenters. The molecular formula is C29H37F2N5O3. The minimum atomic E-state index is -0.822. The molecule has 1 spiro atoms. The van der Waals surface area contributed by atoms with E-state index in [1.807, 2.05) is 6.07 Å². The molecule has 0 amide bonds. The molecule has 3 fully saturated rings. The van der Waals surface area contributed by atoms with Crippen molar-refractivity contribution in [1.29, 1.82) is 0 Å². The number of halogens is 2. The fourth-order valence-corrected chi connectivity index (χ4v) is 7.60. The largest absolute Gasteiger partial charge is 0.461 e. The molecule has 1 aromatic heterocycles. The zero-order valence-electron chi connectivity index (χ0n) is 22.4. The fraction of sp³-hybridized carbons (Fsp3) is 0.655. The van der Waals surface area contributed by atoms with Crippen molar-refractivity contribution in [3.8, 4) is 6.01 Å². The zero-order chi connectivity index (χ0) is 26.6. The summed E-state index contributed by atoms with van der Waals surface area (Å²) in [5.74, 6) is 0.420. The summed E-state index contributed by atoms with van der Waals surface area (Å²) in [6.45, 7) is 4.89. The highest BCUT2D eigenvalue weighted by molar-refractivity contribution is 5.54.